The number of amides is 1. The molecule has 8 nitrogen and oxygen atoms in total. The van der Waals surface area contributed by atoms with Gasteiger partial charge < -0.3 is 19.8 Å². The van der Waals surface area contributed by atoms with Gasteiger partial charge in [-0.2, -0.15) is 0 Å². The van der Waals surface area contributed by atoms with Crippen molar-refractivity contribution in [3.63, 3.8) is 0 Å². The number of hydrogen-bond donors (Lipinski definition) is 3. The van der Waals surface area contributed by atoms with Gasteiger partial charge in [-0.1, -0.05) is 275 Å². The van der Waals surface area contributed by atoms with Crippen LogP contribution in [0.4, 0.5) is 0 Å². The number of phosphoric acid groups is 1. The van der Waals surface area contributed by atoms with Crippen LogP contribution in [0.3, 0.4) is 0 Å². The van der Waals surface area contributed by atoms with Crippen molar-refractivity contribution in [3.8, 4) is 0 Å². The van der Waals surface area contributed by atoms with Crippen LogP contribution < -0.4 is 5.32 Å². The zero-order chi connectivity index (χ0) is 51.3. The summed E-state index contributed by atoms with van der Waals surface area (Å²) in [4.78, 5) is 23.2. The summed E-state index contributed by atoms with van der Waals surface area (Å²) in [7, 11) is 1.62. The molecule has 0 aliphatic carbocycles. The van der Waals surface area contributed by atoms with Gasteiger partial charge in [0.05, 0.1) is 39.9 Å². The van der Waals surface area contributed by atoms with Crippen LogP contribution >= 0.6 is 7.82 Å². The molecule has 1 amide bonds. The van der Waals surface area contributed by atoms with E-state index in [9.17, 15) is 19.4 Å². The molecule has 0 aromatic rings. The fourth-order valence-corrected chi connectivity index (χ4v) is 9.85. The number of hydrogen-bond acceptors (Lipinski definition) is 5. The SMILES string of the molecule is CCCCCCC/C=C\C/C=C\C/C=C\CCCCCCCCCCCCCCCCCCCCCCCCCCC(=O)NC(COP(=O)(O)OCC[N+](C)(C)C)C(O)CCCCCCCCCCC. The van der Waals surface area contributed by atoms with Crippen LogP contribution in [0.1, 0.15) is 296 Å². The molecule has 70 heavy (non-hydrogen) atoms. The average Bonchev–Trinajstić information content (AvgIpc) is 3.32. The van der Waals surface area contributed by atoms with E-state index in [2.05, 4.69) is 55.6 Å². The Hall–Kier alpha value is -1.28. The van der Waals surface area contributed by atoms with E-state index >= 15 is 0 Å². The number of aliphatic hydroxyl groups is 1. The lowest BCUT2D eigenvalue weighted by atomic mass is 10.0. The lowest BCUT2D eigenvalue weighted by Gasteiger charge is -2.26. The summed E-state index contributed by atoms with van der Waals surface area (Å²) < 4.78 is 23.7. The van der Waals surface area contributed by atoms with E-state index < -0.39 is 20.0 Å². The number of nitrogens with zero attached hydrogens (tertiary/aromatic N) is 1. The van der Waals surface area contributed by atoms with E-state index in [4.69, 9.17) is 9.05 Å². The summed E-state index contributed by atoms with van der Waals surface area (Å²) in [5, 5.41) is 14.0. The number of carbonyl (C=O) groups is 1. The fourth-order valence-electron chi connectivity index (χ4n) is 9.12. The van der Waals surface area contributed by atoms with Crippen molar-refractivity contribution in [3.05, 3.63) is 36.5 Å². The van der Waals surface area contributed by atoms with Gasteiger partial charge in [0.2, 0.25) is 5.91 Å². The Kier molecular flexibility index (Phi) is 51.6. The maximum absolute atomic E-state index is 12.9. The van der Waals surface area contributed by atoms with Crippen LogP contribution in [0.25, 0.3) is 0 Å². The third-order valence-electron chi connectivity index (χ3n) is 13.9. The van der Waals surface area contributed by atoms with Crippen LogP contribution in [-0.4, -0.2) is 73.4 Å². The second-order valence-corrected chi connectivity index (χ2v) is 23.5. The van der Waals surface area contributed by atoms with Crippen molar-refractivity contribution in [2.24, 2.45) is 0 Å². The molecule has 0 spiro atoms. The van der Waals surface area contributed by atoms with Crippen molar-refractivity contribution in [2.45, 2.75) is 309 Å². The normalized spacial score (nSPS) is 14.1. The maximum atomic E-state index is 12.9. The van der Waals surface area contributed by atoms with Gasteiger partial charge in [0.1, 0.15) is 13.2 Å². The highest BCUT2D eigenvalue weighted by molar-refractivity contribution is 7.47. The van der Waals surface area contributed by atoms with Crippen molar-refractivity contribution in [1.29, 1.82) is 0 Å². The number of carbonyl (C=O) groups excluding carboxylic acids is 1. The van der Waals surface area contributed by atoms with Gasteiger partial charge in [-0.3, -0.25) is 13.8 Å². The smallest absolute Gasteiger partial charge is 0.391 e. The van der Waals surface area contributed by atoms with E-state index in [0.29, 0.717) is 23.9 Å². The summed E-state index contributed by atoms with van der Waals surface area (Å²) in [5.74, 6) is -0.142. The predicted octanol–water partition coefficient (Wildman–Crippen LogP) is 18.5. The lowest BCUT2D eigenvalue weighted by Crippen LogP contribution is -2.46. The Morgan fingerprint density at radius 2 is 0.814 bits per heavy atom. The Labute approximate surface area is 436 Å². The zero-order valence-corrected chi connectivity index (χ0v) is 48.2. The first kappa shape index (κ1) is 68.7. The largest absolute Gasteiger partial charge is 0.472 e. The standard InChI is InChI=1S/C61H119N2O6P/c1-6-8-10-12-14-16-17-18-19-20-21-22-23-24-25-26-27-28-29-30-31-32-33-34-35-36-37-38-39-40-41-42-43-44-45-47-49-51-53-55-61(65)62-59(58-69-70(66,67)68-57-56-63(3,4)5)60(64)54-52-50-48-46-15-13-11-9-7-2/h17-18,20-21,23-24,59-60,64H,6-16,19,22,25-58H2,1-5H3,(H-,62,65,66,67)/p+1/b18-17-,21-20-,24-23-. The first-order valence-electron chi connectivity index (χ1n) is 30.4. The van der Waals surface area contributed by atoms with Gasteiger partial charge >= 0.3 is 7.82 Å². The van der Waals surface area contributed by atoms with Crippen LogP contribution in [0.5, 0.6) is 0 Å². The minimum absolute atomic E-state index is 0.0764. The molecule has 0 saturated heterocycles. The molecule has 0 heterocycles. The van der Waals surface area contributed by atoms with Crippen molar-refractivity contribution in [1.82, 2.24) is 5.32 Å². The highest BCUT2D eigenvalue weighted by Gasteiger charge is 2.28. The van der Waals surface area contributed by atoms with E-state index in [1.807, 2.05) is 21.1 Å². The molecule has 0 radical (unpaired) electrons. The number of nitrogens with one attached hydrogen (secondary N) is 1. The minimum atomic E-state index is -4.31. The van der Waals surface area contributed by atoms with Gasteiger partial charge in [0.15, 0.2) is 0 Å². The van der Waals surface area contributed by atoms with Gasteiger partial charge in [-0.25, -0.2) is 4.57 Å². The minimum Gasteiger partial charge on any atom is -0.391 e. The molecule has 0 rings (SSSR count). The molecule has 3 N–H and O–H groups in total. The second kappa shape index (κ2) is 52.6. The Morgan fingerprint density at radius 3 is 1.19 bits per heavy atom. The monoisotopic (exact) mass is 1010 g/mol. The molecule has 0 aliphatic rings. The van der Waals surface area contributed by atoms with E-state index in [1.54, 1.807) is 0 Å². The highest BCUT2D eigenvalue weighted by Crippen LogP contribution is 2.43. The molecule has 0 bridgehead atoms. The zero-order valence-electron chi connectivity index (χ0n) is 47.3. The molecular weight excluding hydrogens is 888 g/mol. The van der Waals surface area contributed by atoms with Gasteiger partial charge in [0.25, 0.3) is 0 Å². The summed E-state index contributed by atoms with van der Waals surface area (Å²) in [6.45, 7) is 4.87. The average molecular weight is 1010 g/mol. The number of aliphatic hydroxyl groups excluding tert-OH is 1. The third-order valence-corrected chi connectivity index (χ3v) is 14.9. The number of quaternary nitrogens is 1. The first-order chi connectivity index (χ1) is 34.0. The Morgan fingerprint density at radius 1 is 0.486 bits per heavy atom. The Balaban J connectivity index is 3.78. The lowest BCUT2D eigenvalue weighted by molar-refractivity contribution is -0.870. The number of allylic oxidation sites excluding steroid dienone is 6. The summed E-state index contributed by atoms with van der Waals surface area (Å²) in [6.07, 6.45) is 68.2. The summed E-state index contributed by atoms with van der Waals surface area (Å²) in [6, 6.07) is -0.756. The topological polar surface area (TPSA) is 105 Å². The first-order valence-corrected chi connectivity index (χ1v) is 31.8. The molecular formula is C61H120N2O6P+. The van der Waals surface area contributed by atoms with Gasteiger partial charge in [-0.15, -0.1) is 0 Å². The van der Waals surface area contributed by atoms with Crippen LogP contribution in [0, 0.1) is 0 Å². The quantitative estimate of drug-likeness (QED) is 0.0243. The molecule has 414 valence electrons. The summed E-state index contributed by atoms with van der Waals surface area (Å²) >= 11 is 0. The molecule has 0 saturated carbocycles. The van der Waals surface area contributed by atoms with Crippen LogP contribution in [0.2, 0.25) is 0 Å². The van der Waals surface area contributed by atoms with Gasteiger partial charge in [0, 0.05) is 6.42 Å². The van der Waals surface area contributed by atoms with E-state index in [0.717, 1.165) is 51.4 Å². The van der Waals surface area contributed by atoms with Crippen molar-refractivity contribution < 1.29 is 32.9 Å². The number of phosphoric ester groups is 1. The second-order valence-electron chi connectivity index (χ2n) is 22.1. The molecule has 0 aliphatic heterocycles. The van der Waals surface area contributed by atoms with Crippen LogP contribution in [0.15, 0.2) is 36.5 Å². The molecule has 0 aromatic heterocycles. The number of rotatable bonds is 56. The molecule has 0 fully saturated rings. The van der Waals surface area contributed by atoms with Crippen molar-refractivity contribution >= 4 is 13.7 Å². The van der Waals surface area contributed by atoms with Gasteiger partial charge in [-0.05, 0) is 51.4 Å². The molecule has 9 heteroatoms. The highest BCUT2D eigenvalue weighted by atomic mass is 31.2. The predicted molar refractivity (Wildman–Crippen MR) is 304 cm³/mol. The fraction of sp³-hybridized carbons (Fsp3) is 0.885. The molecule has 3 atom stereocenters. The maximum Gasteiger partial charge on any atom is 0.472 e. The number of unbranched alkanes of at least 4 members (excludes halogenated alkanes) is 37. The molecule has 3 unspecified atom stereocenters. The van der Waals surface area contributed by atoms with Crippen LogP contribution in [-0.2, 0) is 18.4 Å². The Bertz CT molecular complexity index is 1230. The third kappa shape index (κ3) is 54.5. The van der Waals surface area contributed by atoms with Crippen molar-refractivity contribution in [2.75, 3.05) is 40.9 Å². The summed E-state index contributed by atoms with van der Waals surface area (Å²) in [5.41, 5.74) is 0. The molecule has 0 aromatic carbocycles. The van der Waals surface area contributed by atoms with E-state index in [-0.39, 0.29) is 19.1 Å². The van der Waals surface area contributed by atoms with E-state index in [1.165, 1.54) is 218 Å². The number of likely N-dealkylation sites (N-methyl/N-ethyl adjacent to an activating group) is 1.